The number of nitrogens with one attached hydrogen (secondary N) is 2. The molecule has 2 fully saturated rings. The van der Waals surface area contributed by atoms with Crippen LogP contribution in [0.5, 0.6) is 0 Å². The molecular formula is C31H39ClN8O3S. The largest absolute Gasteiger partial charge is 0.353 e. The smallest absolute Gasteiger partial charge is 0.275 e. The van der Waals surface area contributed by atoms with Crippen molar-refractivity contribution in [3.05, 3.63) is 65.1 Å². The van der Waals surface area contributed by atoms with Crippen molar-refractivity contribution < 1.29 is 13.2 Å². The molecule has 3 aromatic rings. The van der Waals surface area contributed by atoms with Crippen molar-refractivity contribution in [1.29, 1.82) is 0 Å². The third kappa shape index (κ3) is 7.78. The van der Waals surface area contributed by atoms with E-state index in [1.54, 1.807) is 50.5 Å². The van der Waals surface area contributed by atoms with Crippen molar-refractivity contribution in [2.75, 3.05) is 37.6 Å². The third-order valence-electron chi connectivity index (χ3n) is 8.16. The third-order valence-corrected chi connectivity index (χ3v) is 9.23. The molecule has 234 valence electrons. The number of carbonyl (C=O) groups is 1. The van der Waals surface area contributed by atoms with Crippen LogP contribution in [0.4, 0.5) is 5.82 Å². The zero-order valence-corrected chi connectivity index (χ0v) is 26.8. The number of hydrogen-bond donors (Lipinski definition) is 3. The molecule has 0 unspecified atom stereocenters. The van der Waals surface area contributed by atoms with Crippen LogP contribution in [0, 0.1) is 11.8 Å². The van der Waals surface area contributed by atoms with Gasteiger partial charge in [0.2, 0.25) is 0 Å². The molecule has 4 N–H and O–H groups in total. The van der Waals surface area contributed by atoms with E-state index in [0.717, 1.165) is 56.1 Å². The van der Waals surface area contributed by atoms with Crippen molar-refractivity contribution in [2.45, 2.75) is 57.7 Å². The molecule has 2 aliphatic rings. The lowest BCUT2D eigenvalue weighted by molar-refractivity contribution is 0.0491. The molecule has 5 rings (SSSR count). The summed E-state index contributed by atoms with van der Waals surface area (Å²) in [6, 6.07) is 9.80. The van der Waals surface area contributed by atoms with Crippen LogP contribution in [-0.2, 0) is 10.2 Å². The molecule has 2 saturated heterocycles. The number of carbonyl (C=O) groups excluding carboxylic acids is 1. The van der Waals surface area contributed by atoms with E-state index in [0.29, 0.717) is 41.3 Å². The molecule has 0 spiro atoms. The van der Waals surface area contributed by atoms with Gasteiger partial charge < -0.3 is 14.8 Å². The van der Waals surface area contributed by atoms with E-state index in [4.69, 9.17) is 21.7 Å². The van der Waals surface area contributed by atoms with Gasteiger partial charge in [0.1, 0.15) is 11.6 Å². The molecule has 2 aliphatic heterocycles. The van der Waals surface area contributed by atoms with Gasteiger partial charge in [0.15, 0.2) is 0 Å². The number of benzene rings is 1. The number of halogens is 1. The second-order valence-electron chi connectivity index (χ2n) is 11.8. The molecule has 2 aromatic heterocycles. The maximum absolute atomic E-state index is 13.3. The SMILES string of the molecule is CC[C@H]1CN(c2ncc(-c3ncc[nH]3)cc2Cl)CCN1C1CCN(C(=O)c2ccc(C#CC(C)(C)NS(N)(=O)=O)cc2)CC1. The number of piperazine rings is 1. The van der Waals surface area contributed by atoms with Gasteiger partial charge in [0, 0.05) is 80.1 Å². The molecule has 13 heteroatoms. The molecule has 11 nitrogen and oxygen atoms in total. The lowest BCUT2D eigenvalue weighted by Gasteiger charge is -2.47. The Morgan fingerprint density at radius 1 is 1.16 bits per heavy atom. The second kappa shape index (κ2) is 13.3. The number of anilines is 1. The predicted molar refractivity (Wildman–Crippen MR) is 172 cm³/mol. The van der Waals surface area contributed by atoms with Crippen molar-refractivity contribution in [3.8, 4) is 23.2 Å². The maximum Gasteiger partial charge on any atom is 0.275 e. The van der Waals surface area contributed by atoms with E-state index >= 15 is 0 Å². The highest BCUT2D eigenvalue weighted by Gasteiger charge is 2.35. The molecule has 0 radical (unpaired) electrons. The van der Waals surface area contributed by atoms with E-state index in [-0.39, 0.29) is 5.91 Å². The van der Waals surface area contributed by atoms with Crippen LogP contribution in [0.3, 0.4) is 0 Å². The minimum Gasteiger partial charge on any atom is -0.353 e. The Bertz CT molecular complexity index is 1630. The lowest BCUT2D eigenvalue weighted by Crippen LogP contribution is -2.58. The number of hydrogen-bond acceptors (Lipinski definition) is 7. The number of imidazole rings is 1. The van der Waals surface area contributed by atoms with Crippen molar-refractivity contribution in [3.63, 3.8) is 0 Å². The lowest BCUT2D eigenvalue weighted by atomic mass is 9.97. The Morgan fingerprint density at radius 3 is 2.50 bits per heavy atom. The van der Waals surface area contributed by atoms with Gasteiger partial charge in [-0.3, -0.25) is 9.69 Å². The highest BCUT2D eigenvalue weighted by molar-refractivity contribution is 7.87. The molecule has 1 atom stereocenters. The summed E-state index contributed by atoms with van der Waals surface area (Å²) in [5, 5.41) is 5.69. The fourth-order valence-electron chi connectivity index (χ4n) is 6.01. The normalized spacial score (nSPS) is 18.6. The fraction of sp³-hybridized carbons (Fsp3) is 0.452. The molecule has 0 saturated carbocycles. The summed E-state index contributed by atoms with van der Waals surface area (Å²) in [6.45, 7) is 9.50. The van der Waals surface area contributed by atoms with E-state index in [1.165, 1.54) is 0 Å². The van der Waals surface area contributed by atoms with E-state index in [9.17, 15) is 13.2 Å². The first-order valence-corrected chi connectivity index (χ1v) is 16.7. The fourth-order valence-corrected chi connectivity index (χ4v) is 7.06. The molecule has 0 bridgehead atoms. The zero-order valence-electron chi connectivity index (χ0n) is 25.3. The van der Waals surface area contributed by atoms with Crippen LogP contribution < -0.4 is 14.8 Å². The molecule has 44 heavy (non-hydrogen) atoms. The first kappa shape index (κ1) is 31.9. The van der Waals surface area contributed by atoms with Crippen molar-refractivity contribution in [2.24, 2.45) is 5.14 Å². The molecule has 4 heterocycles. The number of piperidine rings is 1. The second-order valence-corrected chi connectivity index (χ2v) is 13.5. The van der Waals surface area contributed by atoms with Crippen molar-refractivity contribution in [1.82, 2.24) is 29.5 Å². The maximum atomic E-state index is 13.3. The van der Waals surface area contributed by atoms with E-state index in [1.807, 2.05) is 17.2 Å². The summed E-state index contributed by atoms with van der Waals surface area (Å²) in [4.78, 5) is 32.2. The first-order chi connectivity index (χ1) is 20.9. The standard InChI is InChI=1S/C31H39ClN8O3S/c1-4-25-21-39(29-27(32)19-24(20-36-29)28-34-13-14-35-28)17-18-40(25)26-10-15-38(16-11-26)30(41)23-7-5-22(6-8-23)9-12-31(2,3)37-44(33,42)43/h5-8,13-14,19-20,25-26,37H,4,10-11,15-18,21H2,1-3H3,(H,34,35)(H2,33,42,43)/t25-/m0/s1. The quantitative estimate of drug-likeness (QED) is 0.338. The van der Waals surface area contributed by atoms with Crippen LogP contribution >= 0.6 is 11.6 Å². The monoisotopic (exact) mass is 638 g/mol. The summed E-state index contributed by atoms with van der Waals surface area (Å²) in [5.41, 5.74) is 1.13. The topological polar surface area (TPSA) is 141 Å². The Kier molecular flexibility index (Phi) is 9.62. The Labute approximate surface area is 264 Å². The van der Waals surface area contributed by atoms with Gasteiger partial charge in [0.05, 0.1) is 10.6 Å². The van der Waals surface area contributed by atoms with Crippen LogP contribution in [0.1, 0.15) is 56.0 Å². The van der Waals surface area contributed by atoms with E-state index < -0.39 is 15.7 Å². The number of pyridine rings is 1. The highest BCUT2D eigenvalue weighted by atomic mass is 35.5. The molecule has 0 aliphatic carbocycles. The number of aromatic nitrogens is 3. The Balaban J connectivity index is 1.15. The minimum atomic E-state index is -3.87. The number of amides is 1. The molecular weight excluding hydrogens is 600 g/mol. The number of aromatic amines is 1. The van der Waals surface area contributed by atoms with Gasteiger partial charge in [0.25, 0.3) is 16.1 Å². The Morgan fingerprint density at radius 2 is 1.89 bits per heavy atom. The highest BCUT2D eigenvalue weighted by Crippen LogP contribution is 2.31. The van der Waals surface area contributed by atoms with Crippen LogP contribution in [0.2, 0.25) is 5.02 Å². The number of nitrogens with zero attached hydrogens (tertiary/aromatic N) is 5. The average molecular weight is 639 g/mol. The van der Waals surface area contributed by atoms with Gasteiger partial charge in [-0.2, -0.15) is 13.1 Å². The number of H-pyrrole nitrogens is 1. The first-order valence-electron chi connectivity index (χ1n) is 14.8. The van der Waals surface area contributed by atoms with Gasteiger partial charge in [-0.15, -0.1) is 0 Å². The summed E-state index contributed by atoms with van der Waals surface area (Å²) < 4.78 is 25.0. The average Bonchev–Trinajstić information content (AvgIpc) is 3.54. The van der Waals surface area contributed by atoms with Gasteiger partial charge in [-0.05, 0) is 63.4 Å². The van der Waals surface area contributed by atoms with Crippen LogP contribution in [-0.4, -0.2) is 89.4 Å². The van der Waals surface area contributed by atoms with Crippen LogP contribution in [0.25, 0.3) is 11.4 Å². The Hall–Kier alpha value is -3.47. The summed E-state index contributed by atoms with van der Waals surface area (Å²) >= 11 is 6.68. The summed E-state index contributed by atoms with van der Waals surface area (Å²) in [6.07, 6.45) is 8.17. The van der Waals surface area contributed by atoms with E-state index in [2.05, 4.69) is 43.3 Å². The summed E-state index contributed by atoms with van der Waals surface area (Å²) in [5.74, 6) is 7.38. The number of likely N-dealkylation sites (tertiary alicyclic amines) is 1. The molecule has 1 amide bonds. The minimum absolute atomic E-state index is 0.00903. The summed E-state index contributed by atoms with van der Waals surface area (Å²) in [7, 11) is -3.87. The predicted octanol–water partition coefficient (Wildman–Crippen LogP) is 3.25. The zero-order chi connectivity index (χ0) is 31.5. The number of rotatable bonds is 7. The van der Waals surface area contributed by atoms with Gasteiger partial charge in [-0.25, -0.2) is 15.1 Å². The van der Waals surface area contributed by atoms with Gasteiger partial charge >= 0.3 is 0 Å². The van der Waals surface area contributed by atoms with Crippen molar-refractivity contribution >= 4 is 33.5 Å². The van der Waals surface area contributed by atoms with Gasteiger partial charge in [-0.1, -0.05) is 30.4 Å². The molecule has 1 aromatic carbocycles. The number of nitrogens with two attached hydrogens (primary N) is 1. The van der Waals surface area contributed by atoms with Crippen LogP contribution in [0.15, 0.2) is 48.9 Å².